The first kappa shape index (κ1) is 22.7. The molecule has 1 aliphatic heterocycles. The third-order valence-corrected chi connectivity index (χ3v) is 6.66. The fraction of sp³-hybridized carbons (Fsp3) is 0.500. The molecule has 4 rings (SSSR count). The standard InChI is InChI=1S/C26H31F2NO3/c1-16(2)26-25(21(14-27)23-12-20(30)13-24(31)32-23)22(17-8-10-18(28)11-9-17)15-29(26)19-6-4-3-5-7-19/h8-11,14-16,19-20,23,30H,3-7,12-13H2,1-2H3/b21-14-. The van der Waals surface area contributed by atoms with Crippen LogP contribution in [0.4, 0.5) is 8.78 Å². The number of ether oxygens (including phenoxy) is 1. The summed E-state index contributed by atoms with van der Waals surface area (Å²) in [7, 11) is 0. The maximum Gasteiger partial charge on any atom is 0.309 e. The highest BCUT2D eigenvalue weighted by molar-refractivity contribution is 5.86. The number of hydrogen-bond acceptors (Lipinski definition) is 3. The van der Waals surface area contributed by atoms with Gasteiger partial charge in [0, 0.05) is 41.1 Å². The zero-order valence-electron chi connectivity index (χ0n) is 18.7. The van der Waals surface area contributed by atoms with Gasteiger partial charge in [-0.2, -0.15) is 0 Å². The Morgan fingerprint density at radius 1 is 1.19 bits per heavy atom. The zero-order valence-corrected chi connectivity index (χ0v) is 18.7. The summed E-state index contributed by atoms with van der Waals surface area (Å²) in [4.78, 5) is 12.0. The summed E-state index contributed by atoms with van der Waals surface area (Å²) in [6.45, 7) is 4.15. The summed E-state index contributed by atoms with van der Waals surface area (Å²) in [5, 5.41) is 10.1. The van der Waals surface area contributed by atoms with Gasteiger partial charge in [0.15, 0.2) is 0 Å². The van der Waals surface area contributed by atoms with E-state index in [1.165, 1.54) is 18.6 Å². The number of aliphatic hydroxyl groups excluding tert-OH is 1. The van der Waals surface area contributed by atoms with Crippen molar-refractivity contribution in [3.8, 4) is 11.1 Å². The first-order valence-corrected chi connectivity index (χ1v) is 11.6. The molecule has 0 radical (unpaired) electrons. The molecule has 0 amide bonds. The van der Waals surface area contributed by atoms with Crippen LogP contribution < -0.4 is 0 Å². The second kappa shape index (κ2) is 9.57. The number of aromatic nitrogens is 1. The molecule has 2 aromatic rings. The highest BCUT2D eigenvalue weighted by atomic mass is 19.1. The molecule has 0 bridgehead atoms. The van der Waals surface area contributed by atoms with Gasteiger partial charge in [-0.3, -0.25) is 4.79 Å². The third kappa shape index (κ3) is 4.51. The van der Waals surface area contributed by atoms with Crippen molar-refractivity contribution in [3.05, 3.63) is 53.9 Å². The van der Waals surface area contributed by atoms with Gasteiger partial charge in [-0.1, -0.05) is 45.2 Å². The number of rotatable bonds is 5. The number of esters is 1. The zero-order chi connectivity index (χ0) is 22.8. The Bertz CT molecular complexity index is 987. The molecule has 1 aromatic heterocycles. The highest BCUT2D eigenvalue weighted by Gasteiger charge is 2.35. The Hall–Kier alpha value is -2.47. The first-order valence-electron chi connectivity index (χ1n) is 11.6. The molecule has 32 heavy (non-hydrogen) atoms. The lowest BCUT2D eigenvalue weighted by molar-refractivity contribution is -0.155. The Kier molecular flexibility index (Phi) is 6.79. The predicted molar refractivity (Wildman–Crippen MR) is 120 cm³/mol. The van der Waals surface area contributed by atoms with Crippen molar-refractivity contribution >= 4 is 11.5 Å². The molecule has 1 aliphatic carbocycles. The lowest BCUT2D eigenvalue weighted by Crippen LogP contribution is -2.33. The largest absolute Gasteiger partial charge is 0.457 e. The van der Waals surface area contributed by atoms with Crippen molar-refractivity contribution in [1.82, 2.24) is 4.57 Å². The Labute approximate surface area is 187 Å². The molecule has 1 aromatic carbocycles. The molecule has 2 heterocycles. The van der Waals surface area contributed by atoms with Gasteiger partial charge in [0.25, 0.3) is 0 Å². The van der Waals surface area contributed by atoms with Crippen LogP contribution in [-0.2, 0) is 9.53 Å². The van der Waals surface area contributed by atoms with E-state index in [1.54, 1.807) is 12.1 Å². The maximum atomic E-state index is 14.5. The van der Waals surface area contributed by atoms with Gasteiger partial charge in [-0.25, -0.2) is 8.78 Å². The van der Waals surface area contributed by atoms with Gasteiger partial charge in [-0.05, 0) is 36.5 Å². The summed E-state index contributed by atoms with van der Waals surface area (Å²) >= 11 is 0. The van der Waals surface area contributed by atoms with E-state index < -0.39 is 18.2 Å². The molecule has 4 nitrogen and oxygen atoms in total. The fourth-order valence-corrected chi connectivity index (χ4v) is 5.19. The molecule has 172 valence electrons. The van der Waals surface area contributed by atoms with Gasteiger partial charge in [0.1, 0.15) is 11.9 Å². The van der Waals surface area contributed by atoms with E-state index in [9.17, 15) is 18.7 Å². The fourth-order valence-electron chi connectivity index (χ4n) is 5.19. The van der Waals surface area contributed by atoms with Crippen molar-refractivity contribution in [3.63, 3.8) is 0 Å². The number of carbonyl (C=O) groups excluding carboxylic acids is 1. The van der Waals surface area contributed by atoms with Gasteiger partial charge < -0.3 is 14.4 Å². The molecule has 1 saturated heterocycles. The summed E-state index contributed by atoms with van der Waals surface area (Å²) < 4.78 is 35.9. The third-order valence-electron chi connectivity index (χ3n) is 6.66. The van der Waals surface area contributed by atoms with Crippen molar-refractivity contribution in [2.75, 3.05) is 0 Å². The molecule has 1 N–H and O–H groups in total. The van der Waals surface area contributed by atoms with E-state index >= 15 is 0 Å². The molecule has 6 heteroatoms. The van der Waals surface area contributed by atoms with Crippen molar-refractivity contribution < 1.29 is 23.4 Å². The second-order valence-corrected chi connectivity index (χ2v) is 9.30. The van der Waals surface area contributed by atoms with E-state index in [0.717, 1.165) is 42.5 Å². The molecule has 2 fully saturated rings. The van der Waals surface area contributed by atoms with Crippen LogP contribution in [0.3, 0.4) is 0 Å². The average Bonchev–Trinajstić information content (AvgIpc) is 3.15. The quantitative estimate of drug-likeness (QED) is 0.552. The van der Waals surface area contributed by atoms with Crippen LogP contribution in [0.25, 0.3) is 16.7 Å². The van der Waals surface area contributed by atoms with Crippen LogP contribution in [-0.4, -0.2) is 27.9 Å². The smallest absolute Gasteiger partial charge is 0.309 e. The molecule has 1 saturated carbocycles. The van der Waals surface area contributed by atoms with Crippen molar-refractivity contribution in [2.24, 2.45) is 0 Å². The summed E-state index contributed by atoms with van der Waals surface area (Å²) in [5.74, 6) is -0.786. The van der Waals surface area contributed by atoms with Crippen LogP contribution in [0.1, 0.15) is 82.0 Å². The summed E-state index contributed by atoms with van der Waals surface area (Å²) in [6.07, 6.45) is 6.54. The van der Waals surface area contributed by atoms with Gasteiger partial charge >= 0.3 is 5.97 Å². The number of benzene rings is 1. The van der Waals surface area contributed by atoms with Crippen LogP contribution >= 0.6 is 0 Å². The molecule has 2 aliphatic rings. The number of nitrogens with zero attached hydrogens (tertiary/aromatic N) is 1. The maximum absolute atomic E-state index is 14.5. The Balaban J connectivity index is 1.90. The van der Waals surface area contributed by atoms with Crippen LogP contribution in [0.5, 0.6) is 0 Å². The summed E-state index contributed by atoms with van der Waals surface area (Å²) in [6, 6.07) is 6.50. The summed E-state index contributed by atoms with van der Waals surface area (Å²) in [5.41, 5.74) is 3.50. The number of carbonyl (C=O) groups is 1. The molecular formula is C26H31F2NO3. The highest BCUT2D eigenvalue weighted by Crippen LogP contribution is 2.44. The lowest BCUT2D eigenvalue weighted by atomic mass is 9.88. The molecule has 2 atom stereocenters. The average molecular weight is 444 g/mol. The topological polar surface area (TPSA) is 51.5 Å². The second-order valence-electron chi connectivity index (χ2n) is 9.30. The first-order chi connectivity index (χ1) is 15.4. The molecular weight excluding hydrogens is 412 g/mol. The van der Waals surface area contributed by atoms with Crippen LogP contribution in [0, 0.1) is 5.82 Å². The van der Waals surface area contributed by atoms with Crippen LogP contribution in [0.2, 0.25) is 0 Å². The number of aliphatic hydroxyl groups is 1. The SMILES string of the molecule is CC(C)c1c(/C(=C\F)C2CC(O)CC(=O)O2)c(-c2ccc(F)cc2)cn1C1CCCCC1. The molecule has 0 spiro atoms. The van der Waals surface area contributed by atoms with Crippen molar-refractivity contribution in [1.29, 1.82) is 0 Å². The normalized spacial score (nSPS) is 22.9. The predicted octanol–water partition coefficient (Wildman–Crippen LogP) is 6.30. The lowest BCUT2D eigenvalue weighted by Gasteiger charge is -2.30. The van der Waals surface area contributed by atoms with E-state index in [0.29, 0.717) is 17.9 Å². The van der Waals surface area contributed by atoms with Gasteiger partial charge in [-0.15, -0.1) is 0 Å². The number of hydrogen-bond donors (Lipinski definition) is 1. The van der Waals surface area contributed by atoms with E-state index in [4.69, 9.17) is 4.74 Å². The number of halogens is 2. The minimum Gasteiger partial charge on any atom is -0.457 e. The van der Waals surface area contributed by atoms with Crippen molar-refractivity contribution in [2.45, 2.75) is 83.0 Å². The van der Waals surface area contributed by atoms with E-state index in [1.807, 2.05) is 0 Å². The van der Waals surface area contributed by atoms with Crippen LogP contribution in [0.15, 0.2) is 36.8 Å². The van der Waals surface area contributed by atoms with E-state index in [-0.39, 0.29) is 30.1 Å². The minimum absolute atomic E-state index is 0.0823. The minimum atomic E-state index is -0.867. The van der Waals surface area contributed by atoms with Gasteiger partial charge in [0.05, 0.1) is 18.9 Å². The Morgan fingerprint density at radius 2 is 1.88 bits per heavy atom. The Morgan fingerprint density at radius 3 is 2.47 bits per heavy atom. The number of cyclic esters (lactones) is 1. The molecule has 2 unspecified atom stereocenters. The van der Waals surface area contributed by atoms with E-state index in [2.05, 4.69) is 24.6 Å². The monoisotopic (exact) mass is 443 g/mol. The van der Waals surface area contributed by atoms with Gasteiger partial charge in [0.2, 0.25) is 0 Å².